The molecule has 0 bridgehead atoms. The number of aryl methyl sites for hydroxylation is 1. The number of aromatic hydroxyl groups is 1. The molecule has 0 radical (unpaired) electrons. The smallest absolute Gasteiger partial charge is 0.416 e. The number of rotatable bonds is 9. The minimum atomic E-state index is -4.57. The molecular formula is C28H25F4N3O3. The highest BCUT2D eigenvalue weighted by Crippen LogP contribution is 2.32. The van der Waals surface area contributed by atoms with Gasteiger partial charge < -0.3 is 10.4 Å². The molecule has 0 spiro atoms. The lowest BCUT2D eigenvalue weighted by Gasteiger charge is -2.16. The van der Waals surface area contributed by atoms with E-state index in [4.69, 9.17) is 0 Å². The Labute approximate surface area is 216 Å². The predicted octanol–water partition coefficient (Wildman–Crippen LogP) is 5.05. The second-order valence-electron chi connectivity index (χ2n) is 8.90. The normalized spacial score (nSPS) is 15.5. The Bertz CT molecular complexity index is 1360. The third-order valence-electron chi connectivity index (χ3n) is 6.23. The molecule has 6 nitrogen and oxygen atoms in total. The number of nitrogens with one attached hydrogen (secondary N) is 1. The van der Waals surface area contributed by atoms with Gasteiger partial charge in [0.1, 0.15) is 18.1 Å². The van der Waals surface area contributed by atoms with E-state index in [9.17, 15) is 32.3 Å². The van der Waals surface area contributed by atoms with Crippen molar-refractivity contribution >= 4 is 17.5 Å². The van der Waals surface area contributed by atoms with Crippen LogP contribution in [0.1, 0.15) is 35.1 Å². The topological polar surface area (TPSA) is 82.0 Å². The molecule has 10 heteroatoms. The van der Waals surface area contributed by atoms with Gasteiger partial charge in [-0.25, -0.2) is 9.40 Å². The molecule has 2 N–H and O–H groups in total. The summed E-state index contributed by atoms with van der Waals surface area (Å²) in [5, 5.41) is 18.1. The van der Waals surface area contributed by atoms with Crippen molar-refractivity contribution in [2.24, 2.45) is 11.0 Å². The maximum Gasteiger partial charge on any atom is 0.416 e. The lowest BCUT2D eigenvalue weighted by atomic mass is 9.90. The number of benzene rings is 3. The first-order chi connectivity index (χ1) is 18.1. The largest absolute Gasteiger partial charge is 0.507 e. The summed E-state index contributed by atoms with van der Waals surface area (Å²) >= 11 is 0. The van der Waals surface area contributed by atoms with Crippen LogP contribution in [0, 0.1) is 11.7 Å². The molecule has 3 aromatic carbocycles. The number of hydrogen-bond acceptors (Lipinski definition) is 4. The maximum absolute atomic E-state index is 13.5. The highest BCUT2D eigenvalue weighted by atomic mass is 19.4. The van der Waals surface area contributed by atoms with Crippen LogP contribution in [0.5, 0.6) is 5.75 Å². The minimum absolute atomic E-state index is 0.0794. The number of hydrazone groups is 1. The molecule has 3 aromatic rings. The van der Waals surface area contributed by atoms with Gasteiger partial charge in [0, 0.05) is 12.1 Å². The molecule has 0 saturated carbocycles. The van der Waals surface area contributed by atoms with E-state index in [0.29, 0.717) is 30.5 Å². The number of para-hydroxylation sites is 1. The molecule has 1 unspecified atom stereocenters. The van der Waals surface area contributed by atoms with Crippen LogP contribution in [-0.4, -0.2) is 34.2 Å². The van der Waals surface area contributed by atoms with Gasteiger partial charge in [-0.05, 0) is 60.7 Å². The lowest BCUT2D eigenvalue weighted by molar-refractivity contribution is -0.138. The van der Waals surface area contributed by atoms with Crippen LogP contribution in [-0.2, 0) is 28.7 Å². The molecule has 4 rings (SSSR count). The molecule has 1 aliphatic rings. The fourth-order valence-corrected chi connectivity index (χ4v) is 4.39. The number of phenolic OH excluding ortho intramolecular Hbond substituents is 1. The van der Waals surface area contributed by atoms with Gasteiger partial charge in [-0.3, -0.25) is 9.59 Å². The summed E-state index contributed by atoms with van der Waals surface area (Å²) < 4.78 is 53.2. The van der Waals surface area contributed by atoms with E-state index in [1.54, 1.807) is 30.3 Å². The molecule has 0 aromatic heterocycles. The average molecular weight is 528 g/mol. The zero-order valence-corrected chi connectivity index (χ0v) is 20.2. The standard InChI is InChI=1S/C28H25F4N3O3/c29-20-10-5-7-18(15-20)8-6-12-22-26(21-11-2-4-14-24(21)36)34-35(27(22)38)17-25(37)33-16-19-9-1-3-13-23(19)28(30,31)32/h1-5,7,9-11,13-15,22,36H,6,8,12,16-17H2,(H,33,37). The first kappa shape index (κ1) is 26.8. The molecule has 1 heterocycles. The van der Waals surface area contributed by atoms with Gasteiger partial charge in [0.05, 0.1) is 17.2 Å². The van der Waals surface area contributed by atoms with Crippen LogP contribution in [0.3, 0.4) is 0 Å². The summed E-state index contributed by atoms with van der Waals surface area (Å²) in [5.74, 6) is -2.34. The molecule has 0 aliphatic carbocycles. The van der Waals surface area contributed by atoms with Crippen molar-refractivity contribution in [3.05, 3.63) is 101 Å². The van der Waals surface area contributed by atoms with Crippen molar-refractivity contribution in [3.8, 4) is 5.75 Å². The highest BCUT2D eigenvalue weighted by Gasteiger charge is 2.38. The Kier molecular flexibility index (Phi) is 8.09. The summed E-state index contributed by atoms with van der Waals surface area (Å²) in [5.41, 5.74) is 0.457. The Morgan fingerprint density at radius 2 is 1.76 bits per heavy atom. The molecule has 0 saturated heterocycles. The molecule has 1 aliphatic heterocycles. The zero-order chi connectivity index (χ0) is 27.3. The summed E-state index contributed by atoms with van der Waals surface area (Å²) in [7, 11) is 0. The van der Waals surface area contributed by atoms with E-state index in [2.05, 4.69) is 10.4 Å². The van der Waals surface area contributed by atoms with Gasteiger partial charge in [-0.2, -0.15) is 18.3 Å². The van der Waals surface area contributed by atoms with E-state index in [-0.39, 0.29) is 23.7 Å². The molecule has 2 amide bonds. The van der Waals surface area contributed by atoms with Crippen molar-refractivity contribution < 1.29 is 32.3 Å². The van der Waals surface area contributed by atoms with Crippen LogP contribution in [0.15, 0.2) is 77.9 Å². The lowest BCUT2D eigenvalue weighted by Crippen LogP contribution is -2.37. The van der Waals surface area contributed by atoms with Crippen molar-refractivity contribution in [2.75, 3.05) is 6.54 Å². The Morgan fingerprint density at radius 1 is 1.03 bits per heavy atom. The van der Waals surface area contributed by atoms with Crippen LogP contribution < -0.4 is 5.32 Å². The highest BCUT2D eigenvalue weighted by molar-refractivity contribution is 6.17. The van der Waals surface area contributed by atoms with Crippen molar-refractivity contribution in [1.82, 2.24) is 10.3 Å². The van der Waals surface area contributed by atoms with Crippen LogP contribution in [0.25, 0.3) is 0 Å². The molecule has 198 valence electrons. The predicted molar refractivity (Wildman–Crippen MR) is 132 cm³/mol. The quantitative estimate of drug-likeness (QED) is 0.382. The van der Waals surface area contributed by atoms with Gasteiger partial charge in [0.25, 0.3) is 5.91 Å². The van der Waals surface area contributed by atoms with Gasteiger partial charge >= 0.3 is 6.18 Å². The number of halogens is 4. The van der Waals surface area contributed by atoms with E-state index < -0.39 is 36.0 Å². The zero-order valence-electron chi connectivity index (χ0n) is 20.2. The first-order valence-electron chi connectivity index (χ1n) is 12.0. The van der Waals surface area contributed by atoms with Gasteiger partial charge in [-0.1, -0.05) is 42.5 Å². The third kappa shape index (κ3) is 6.37. The molecule has 38 heavy (non-hydrogen) atoms. The minimum Gasteiger partial charge on any atom is -0.507 e. The Balaban J connectivity index is 1.46. The van der Waals surface area contributed by atoms with Crippen molar-refractivity contribution in [3.63, 3.8) is 0 Å². The number of alkyl halides is 3. The Morgan fingerprint density at radius 3 is 2.50 bits per heavy atom. The summed E-state index contributed by atoms with van der Waals surface area (Å²) in [6.07, 6.45) is -3.21. The summed E-state index contributed by atoms with van der Waals surface area (Å²) in [6.45, 7) is -0.867. The van der Waals surface area contributed by atoms with E-state index in [0.717, 1.165) is 16.6 Å². The average Bonchev–Trinajstić information content (AvgIpc) is 3.17. The molecule has 0 fully saturated rings. The summed E-state index contributed by atoms with van der Waals surface area (Å²) in [4.78, 5) is 25.8. The number of phenols is 1. The number of amides is 2. The fourth-order valence-electron chi connectivity index (χ4n) is 4.39. The molecular weight excluding hydrogens is 502 g/mol. The van der Waals surface area contributed by atoms with Crippen LogP contribution >= 0.6 is 0 Å². The van der Waals surface area contributed by atoms with E-state index in [1.807, 2.05) is 0 Å². The number of carbonyl (C=O) groups is 2. The number of carbonyl (C=O) groups excluding carboxylic acids is 2. The van der Waals surface area contributed by atoms with Crippen molar-refractivity contribution in [2.45, 2.75) is 32.0 Å². The number of nitrogens with zero attached hydrogens (tertiary/aromatic N) is 2. The van der Waals surface area contributed by atoms with Gasteiger partial charge in [0.15, 0.2) is 0 Å². The number of hydrogen-bond donors (Lipinski definition) is 2. The van der Waals surface area contributed by atoms with E-state index >= 15 is 0 Å². The van der Waals surface area contributed by atoms with Crippen LogP contribution in [0.4, 0.5) is 17.6 Å². The SMILES string of the molecule is O=C(CN1N=C(c2ccccc2O)C(CCCc2cccc(F)c2)C1=O)NCc1ccccc1C(F)(F)F. The molecule has 1 atom stereocenters. The third-order valence-corrected chi connectivity index (χ3v) is 6.23. The maximum atomic E-state index is 13.5. The van der Waals surface area contributed by atoms with Crippen molar-refractivity contribution in [1.29, 1.82) is 0 Å². The fraction of sp³-hybridized carbons (Fsp3) is 0.250. The second-order valence-corrected chi connectivity index (χ2v) is 8.90. The first-order valence-corrected chi connectivity index (χ1v) is 12.0. The van der Waals surface area contributed by atoms with Gasteiger partial charge in [-0.15, -0.1) is 0 Å². The van der Waals surface area contributed by atoms with Gasteiger partial charge in [0.2, 0.25) is 5.91 Å². The Hall–Kier alpha value is -4.21. The second kappa shape index (κ2) is 11.5. The monoisotopic (exact) mass is 527 g/mol. The van der Waals surface area contributed by atoms with E-state index in [1.165, 1.54) is 36.4 Å². The summed E-state index contributed by atoms with van der Waals surface area (Å²) in [6, 6.07) is 17.4. The van der Waals surface area contributed by atoms with Crippen LogP contribution in [0.2, 0.25) is 0 Å².